The van der Waals surface area contributed by atoms with Gasteiger partial charge in [0.15, 0.2) is 0 Å². The molecule has 1 N–H and O–H groups in total. The number of rotatable bonds is 6. The fourth-order valence-corrected chi connectivity index (χ4v) is 5.75. The van der Waals surface area contributed by atoms with Crippen LogP contribution >= 0.6 is 11.8 Å². The summed E-state index contributed by atoms with van der Waals surface area (Å²) in [5, 5.41) is 15.8. The molecular weight excluding hydrogens is 370 g/mol. The zero-order valence-electron chi connectivity index (χ0n) is 17.1. The zero-order chi connectivity index (χ0) is 19.8. The lowest BCUT2D eigenvalue weighted by Crippen LogP contribution is -2.43. The molecule has 0 aliphatic heterocycles. The van der Waals surface area contributed by atoms with Gasteiger partial charge in [-0.1, -0.05) is 30.3 Å². The lowest BCUT2D eigenvalue weighted by molar-refractivity contribution is -0.121. The Morgan fingerprint density at radius 3 is 2.79 bits per heavy atom. The van der Waals surface area contributed by atoms with Crippen molar-refractivity contribution in [3.8, 4) is 5.69 Å². The minimum atomic E-state index is -0.254. The van der Waals surface area contributed by atoms with E-state index < -0.39 is 0 Å². The van der Waals surface area contributed by atoms with Crippen LogP contribution in [-0.2, 0) is 4.79 Å². The molecule has 2 saturated carbocycles. The van der Waals surface area contributed by atoms with E-state index in [1.165, 1.54) is 43.0 Å². The molecule has 0 radical (unpaired) electrons. The van der Waals surface area contributed by atoms with Gasteiger partial charge in [-0.05, 0) is 92.3 Å². The summed E-state index contributed by atoms with van der Waals surface area (Å²) in [6.07, 6.45) is 5.36. The Morgan fingerprint density at radius 2 is 2.07 bits per heavy atom. The highest BCUT2D eigenvalue weighted by Crippen LogP contribution is 2.49. The fourth-order valence-electron chi connectivity index (χ4n) is 4.94. The van der Waals surface area contributed by atoms with E-state index in [2.05, 4.69) is 47.7 Å². The first-order valence-corrected chi connectivity index (χ1v) is 11.1. The van der Waals surface area contributed by atoms with E-state index in [-0.39, 0.29) is 17.2 Å². The summed E-state index contributed by atoms with van der Waals surface area (Å²) < 4.78 is 1.73. The predicted molar refractivity (Wildman–Crippen MR) is 110 cm³/mol. The Bertz CT molecular complexity index is 866. The van der Waals surface area contributed by atoms with E-state index in [4.69, 9.17) is 0 Å². The summed E-state index contributed by atoms with van der Waals surface area (Å²) in [6, 6.07) is 6.32. The van der Waals surface area contributed by atoms with Crippen molar-refractivity contribution >= 4 is 17.7 Å². The van der Waals surface area contributed by atoms with Gasteiger partial charge in [0.1, 0.15) is 0 Å². The highest BCUT2D eigenvalue weighted by atomic mass is 32.2. The van der Waals surface area contributed by atoms with Crippen LogP contribution in [-0.4, -0.2) is 37.4 Å². The third kappa shape index (κ3) is 3.69. The molecule has 150 valence electrons. The molecule has 5 unspecified atom stereocenters. The van der Waals surface area contributed by atoms with Gasteiger partial charge in [0.2, 0.25) is 11.1 Å². The second kappa shape index (κ2) is 7.85. The number of amides is 1. The van der Waals surface area contributed by atoms with Crippen LogP contribution in [0.4, 0.5) is 0 Å². The quantitative estimate of drug-likeness (QED) is 0.750. The summed E-state index contributed by atoms with van der Waals surface area (Å²) in [5.74, 6) is 2.40. The molecule has 2 aliphatic rings. The van der Waals surface area contributed by atoms with E-state index >= 15 is 0 Å². The zero-order valence-corrected chi connectivity index (χ0v) is 17.9. The van der Waals surface area contributed by atoms with Crippen LogP contribution in [0.15, 0.2) is 23.4 Å². The lowest BCUT2D eigenvalue weighted by Gasteiger charge is -2.29. The molecule has 2 fully saturated rings. The molecule has 0 saturated heterocycles. The number of benzene rings is 1. The van der Waals surface area contributed by atoms with E-state index in [0.717, 1.165) is 23.1 Å². The number of hydrogen-bond acceptors (Lipinski definition) is 5. The van der Waals surface area contributed by atoms with Gasteiger partial charge in [-0.15, -0.1) is 5.10 Å². The average Bonchev–Trinajstić information content (AvgIpc) is 3.41. The van der Waals surface area contributed by atoms with E-state index in [0.29, 0.717) is 11.1 Å². The van der Waals surface area contributed by atoms with Gasteiger partial charge in [-0.2, -0.15) is 4.68 Å². The second-order valence-corrected chi connectivity index (χ2v) is 9.80. The van der Waals surface area contributed by atoms with Gasteiger partial charge in [0.05, 0.1) is 10.9 Å². The molecule has 1 aromatic carbocycles. The maximum atomic E-state index is 12.8. The summed E-state index contributed by atoms with van der Waals surface area (Å²) in [5.41, 5.74) is 3.28. The largest absolute Gasteiger partial charge is 0.352 e. The van der Waals surface area contributed by atoms with Gasteiger partial charge >= 0.3 is 0 Å². The lowest BCUT2D eigenvalue weighted by atomic mass is 9.84. The molecule has 1 aromatic heterocycles. The average molecular weight is 400 g/mol. The standard InChI is InChI=1S/C21H29N5OS/c1-12-6-5-7-19(13(12)2)26-21(23-24-25-26)28-15(4)20(27)22-14(3)18-11-16-8-9-17(18)10-16/h5-7,14-18H,8-11H2,1-4H3,(H,22,27). The van der Waals surface area contributed by atoms with Crippen LogP contribution in [0.25, 0.3) is 5.69 Å². The molecule has 2 bridgehead atoms. The van der Waals surface area contributed by atoms with Gasteiger partial charge < -0.3 is 5.32 Å². The molecule has 1 amide bonds. The first kappa shape index (κ1) is 19.4. The normalized spacial score (nSPS) is 25.6. The van der Waals surface area contributed by atoms with E-state index in [9.17, 15) is 4.79 Å². The summed E-state index contributed by atoms with van der Waals surface area (Å²) in [7, 11) is 0. The smallest absolute Gasteiger partial charge is 0.233 e. The number of carbonyl (C=O) groups is 1. The molecule has 7 heteroatoms. The fraction of sp³-hybridized carbons (Fsp3) is 0.619. The minimum absolute atomic E-state index is 0.0655. The maximum Gasteiger partial charge on any atom is 0.233 e. The topological polar surface area (TPSA) is 72.7 Å². The Morgan fingerprint density at radius 1 is 1.25 bits per heavy atom. The number of aromatic nitrogens is 4. The van der Waals surface area contributed by atoms with Crippen LogP contribution in [0, 0.1) is 31.6 Å². The number of nitrogens with zero attached hydrogens (tertiary/aromatic N) is 4. The van der Waals surface area contributed by atoms with Crippen molar-refractivity contribution in [2.45, 2.75) is 69.8 Å². The molecule has 0 spiro atoms. The first-order valence-electron chi connectivity index (χ1n) is 10.3. The molecule has 2 aromatic rings. The molecule has 4 rings (SSSR count). The van der Waals surface area contributed by atoms with Crippen LogP contribution in [0.3, 0.4) is 0 Å². The van der Waals surface area contributed by atoms with Crippen molar-refractivity contribution in [1.29, 1.82) is 0 Å². The number of hydrogen-bond donors (Lipinski definition) is 1. The number of carbonyl (C=O) groups excluding carboxylic acids is 1. The maximum absolute atomic E-state index is 12.8. The summed E-state index contributed by atoms with van der Waals surface area (Å²) in [6.45, 7) is 8.23. The SMILES string of the molecule is Cc1cccc(-n2nnnc2SC(C)C(=O)NC(C)C2CC3CCC2C3)c1C. The Labute approximate surface area is 170 Å². The Kier molecular flexibility index (Phi) is 5.45. The number of tetrazole rings is 1. The highest BCUT2D eigenvalue weighted by Gasteiger charge is 2.42. The van der Waals surface area contributed by atoms with Crippen LogP contribution in [0.5, 0.6) is 0 Å². The third-order valence-corrected chi connectivity index (χ3v) is 7.73. The van der Waals surface area contributed by atoms with Crippen molar-refractivity contribution in [3.05, 3.63) is 29.3 Å². The minimum Gasteiger partial charge on any atom is -0.352 e. The Balaban J connectivity index is 1.41. The predicted octanol–water partition coefficient (Wildman–Crippen LogP) is 3.70. The number of fused-ring (bicyclic) bond motifs is 2. The molecular formula is C21H29N5OS. The van der Waals surface area contributed by atoms with Crippen LogP contribution in [0.2, 0.25) is 0 Å². The number of nitrogens with one attached hydrogen (secondary N) is 1. The van der Waals surface area contributed by atoms with Crippen LogP contribution in [0.1, 0.15) is 50.7 Å². The van der Waals surface area contributed by atoms with Gasteiger partial charge in [-0.25, -0.2) is 0 Å². The van der Waals surface area contributed by atoms with Crippen molar-refractivity contribution in [2.75, 3.05) is 0 Å². The number of aryl methyl sites for hydroxylation is 1. The monoisotopic (exact) mass is 399 g/mol. The molecule has 2 aliphatic carbocycles. The van der Waals surface area contributed by atoms with Gasteiger partial charge in [-0.3, -0.25) is 4.79 Å². The molecule has 6 nitrogen and oxygen atoms in total. The van der Waals surface area contributed by atoms with Crippen molar-refractivity contribution in [2.24, 2.45) is 17.8 Å². The Hall–Kier alpha value is -1.89. The second-order valence-electron chi connectivity index (χ2n) is 8.49. The van der Waals surface area contributed by atoms with Gasteiger partial charge in [0.25, 0.3) is 0 Å². The number of thioether (sulfide) groups is 1. The molecule has 28 heavy (non-hydrogen) atoms. The van der Waals surface area contributed by atoms with Crippen molar-refractivity contribution in [3.63, 3.8) is 0 Å². The molecule has 1 heterocycles. The first-order chi connectivity index (χ1) is 13.4. The third-order valence-electron chi connectivity index (χ3n) is 6.70. The summed E-state index contributed by atoms with van der Waals surface area (Å²) in [4.78, 5) is 12.8. The van der Waals surface area contributed by atoms with Gasteiger partial charge in [0, 0.05) is 6.04 Å². The van der Waals surface area contributed by atoms with Crippen molar-refractivity contribution in [1.82, 2.24) is 25.5 Å². The van der Waals surface area contributed by atoms with Crippen LogP contribution < -0.4 is 5.32 Å². The van der Waals surface area contributed by atoms with E-state index in [1.807, 2.05) is 19.1 Å². The van der Waals surface area contributed by atoms with Crippen molar-refractivity contribution < 1.29 is 4.79 Å². The highest BCUT2D eigenvalue weighted by molar-refractivity contribution is 8.00. The molecule has 5 atom stereocenters. The van der Waals surface area contributed by atoms with E-state index in [1.54, 1.807) is 4.68 Å². The summed E-state index contributed by atoms with van der Waals surface area (Å²) >= 11 is 1.41.